The number of piperazine rings is 1. The minimum absolute atomic E-state index is 0.0788. The molecule has 0 amide bonds. The molecule has 0 radical (unpaired) electrons. The molecule has 0 aliphatic carbocycles. The number of hydrogen-bond acceptors (Lipinski definition) is 6. The number of aromatic nitrogens is 3. The highest BCUT2D eigenvalue weighted by atomic mass is 19.1. The Kier molecular flexibility index (Phi) is 5.96. The van der Waals surface area contributed by atoms with E-state index in [9.17, 15) is 8.78 Å². The Morgan fingerprint density at radius 3 is 2.79 bits per heavy atom. The zero-order valence-corrected chi connectivity index (χ0v) is 21.2. The molecule has 2 saturated heterocycles. The van der Waals surface area contributed by atoms with Crippen LogP contribution in [-0.4, -0.2) is 75.6 Å². The zero-order chi connectivity index (χ0) is 25.8. The Labute approximate surface area is 219 Å². The summed E-state index contributed by atoms with van der Waals surface area (Å²) in [5.41, 5.74) is 2.21. The van der Waals surface area contributed by atoms with Crippen LogP contribution >= 0.6 is 0 Å². The van der Waals surface area contributed by atoms with E-state index in [1.54, 1.807) is 15.5 Å². The van der Waals surface area contributed by atoms with Crippen molar-refractivity contribution < 1.29 is 13.2 Å². The van der Waals surface area contributed by atoms with Gasteiger partial charge in [-0.1, -0.05) is 6.07 Å². The number of alkyl halides is 1. The summed E-state index contributed by atoms with van der Waals surface area (Å²) in [5, 5.41) is 0. The monoisotopic (exact) mass is 521 g/mol. The third-order valence-corrected chi connectivity index (χ3v) is 8.40. The van der Waals surface area contributed by atoms with Crippen molar-refractivity contribution in [3.05, 3.63) is 65.3 Å². The SMILES string of the molecule is FC[C@@H]1CCc2nc3c(F)cc(C4=NCN(c5ccc(CN6CCN7CCC[C@@H]7C6)cn5)C=C4F)cc3n21. The summed E-state index contributed by atoms with van der Waals surface area (Å²) in [6, 6.07) is 7.18. The average molecular weight is 522 g/mol. The summed E-state index contributed by atoms with van der Waals surface area (Å²) in [6.07, 6.45) is 7.03. The van der Waals surface area contributed by atoms with Crippen LogP contribution in [0.25, 0.3) is 11.0 Å². The average Bonchev–Trinajstić information content (AvgIpc) is 3.64. The molecule has 198 valence electrons. The molecule has 2 atom stereocenters. The maximum atomic E-state index is 15.3. The summed E-state index contributed by atoms with van der Waals surface area (Å²) in [7, 11) is 0. The second kappa shape index (κ2) is 9.50. The van der Waals surface area contributed by atoms with Crippen molar-refractivity contribution in [2.24, 2.45) is 4.99 Å². The fraction of sp³-hybridized carbons (Fsp3) is 0.464. The van der Waals surface area contributed by atoms with E-state index in [1.807, 2.05) is 18.3 Å². The fourth-order valence-electron chi connectivity index (χ4n) is 6.46. The van der Waals surface area contributed by atoms with Crippen LogP contribution in [0.15, 0.2) is 47.5 Å². The highest BCUT2D eigenvalue weighted by Gasteiger charge is 2.31. The van der Waals surface area contributed by atoms with Gasteiger partial charge in [0.25, 0.3) is 0 Å². The van der Waals surface area contributed by atoms with Crippen LogP contribution in [0.1, 0.15) is 42.3 Å². The number of aryl methyl sites for hydroxylation is 1. The molecule has 6 heterocycles. The minimum Gasteiger partial charge on any atom is -0.322 e. The molecule has 0 spiro atoms. The van der Waals surface area contributed by atoms with Crippen molar-refractivity contribution in [1.29, 1.82) is 0 Å². The lowest BCUT2D eigenvalue weighted by Crippen LogP contribution is -2.49. The minimum atomic E-state index is -0.571. The van der Waals surface area contributed by atoms with Gasteiger partial charge in [-0.05, 0) is 49.6 Å². The topological polar surface area (TPSA) is 52.8 Å². The molecule has 4 aliphatic rings. The molecule has 0 N–H and O–H groups in total. The normalized spacial score (nSPS) is 24.0. The lowest BCUT2D eigenvalue weighted by atomic mass is 10.1. The van der Waals surface area contributed by atoms with Gasteiger partial charge in [-0.2, -0.15) is 0 Å². The van der Waals surface area contributed by atoms with E-state index in [0.29, 0.717) is 41.6 Å². The Bertz CT molecular complexity index is 1430. The number of halogens is 3. The Morgan fingerprint density at radius 1 is 1.05 bits per heavy atom. The third kappa shape index (κ3) is 4.10. The van der Waals surface area contributed by atoms with E-state index < -0.39 is 18.3 Å². The molecule has 7 rings (SSSR count). The van der Waals surface area contributed by atoms with Crippen LogP contribution in [-0.2, 0) is 13.0 Å². The number of benzene rings is 1. The largest absolute Gasteiger partial charge is 0.322 e. The Balaban J connectivity index is 1.07. The van der Waals surface area contributed by atoms with Crippen molar-refractivity contribution in [3.63, 3.8) is 0 Å². The van der Waals surface area contributed by atoms with Crippen molar-refractivity contribution >= 4 is 22.6 Å². The second-order valence-electron chi connectivity index (χ2n) is 10.8. The van der Waals surface area contributed by atoms with Crippen LogP contribution < -0.4 is 4.90 Å². The molecule has 1 aromatic carbocycles. The number of aliphatic imine (C=N–C) groups is 1. The first-order chi connectivity index (χ1) is 18.6. The van der Waals surface area contributed by atoms with Gasteiger partial charge in [0.05, 0.1) is 11.6 Å². The fourth-order valence-corrected chi connectivity index (χ4v) is 6.46. The molecule has 2 fully saturated rings. The predicted octanol–water partition coefficient (Wildman–Crippen LogP) is 4.38. The predicted molar refractivity (Wildman–Crippen MR) is 140 cm³/mol. The van der Waals surface area contributed by atoms with Gasteiger partial charge in [-0.3, -0.25) is 14.8 Å². The lowest BCUT2D eigenvalue weighted by Gasteiger charge is -2.37. The standard InChI is InChI=1S/C28H30F3N7/c29-12-20-4-6-26-34-28-22(30)10-19(11-24(28)38(20)26)27-23(31)16-37(17-33-27)25-5-3-18(13-32-25)14-35-8-9-36-7-1-2-21(36)15-35/h3,5,10-11,13,16,20-21H,1-2,4,6-9,12,14-15,17H2/t20-,21+/m0/s1. The molecule has 4 aliphatic heterocycles. The first kappa shape index (κ1) is 23.8. The maximum Gasteiger partial charge on any atom is 0.165 e. The van der Waals surface area contributed by atoms with Gasteiger partial charge in [-0.25, -0.2) is 23.1 Å². The van der Waals surface area contributed by atoms with Crippen molar-refractivity contribution in [2.75, 3.05) is 44.4 Å². The molecule has 0 bridgehead atoms. The number of fused-ring (bicyclic) bond motifs is 4. The van der Waals surface area contributed by atoms with Crippen molar-refractivity contribution in [1.82, 2.24) is 24.3 Å². The number of hydrogen-bond donors (Lipinski definition) is 0. The second-order valence-corrected chi connectivity index (χ2v) is 10.8. The summed E-state index contributed by atoms with van der Waals surface area (Å²) in [4.78, 5) is 20.1. The molecular formula is C28H30F3N7. The number of pyridine rings is 1. The van der Waals surface area contributed by atoms with Gasteiger partial charge in [0, 0.05) is 56.6 Å². The molecular weight excluding hydrogens is 491 g/mol. The van der Waals surface area contributed by atoms with Gasteiger partial charge in [0.1, 0.15) is 36.2 Å². The first-order valence-electron chi connectivity index (χ1n) is 13.4. The van der Waals surface area contributed by atoms with E-state index in [-0.39, 0.29) is 23.9 Å². The number of rotatable bonds is 5. The van der Waals surface area contributed by atoms with Gasteiger partial charge in [-0.15, -0.1) is 0 Å². The molecule has 3 aromatic rings. The summed E-state index contributed by atoms with van der Waals surface area (Å²) in [6.45, 7) is 5.01. The van der Waals surface area contributed by atoms with Crippen LogP contribution in [0.5, 0.6) is 0 Å². The number of allylic oxidation sites excluding steroid dienone is 1. The highest BCUT2D eigenvalue weighted by Crippen LogP contribution is 2.34. The van der Waals surface area contributed by atoms with Crippen LogP contribution in [0.2, 0.25) is 0 Å². The summed E-state index contributed by atoms with van der Waals surface area (Å²) >= 11 is 0. The van der Waals surface area contributed by atoms with E-state index in [2.05, 4.69) is 24.8 Å². The van der Waals surface area contributed by atoms with Gasteiger partial charge < -0.3 is 9.47 Å². The van der Waals surface area contributed by atoms with E-state index in [4.69, 9.17) is 0 Å². The number of nitrogens with zero attached hydrogens (tertiary/aromatic N) is 7. The van der Waals surface area contributed by atoms with Crippen molar-refractivity contribution in [3.8, 4) is 0 Å². The molecule has 10 heteroatoms. The van der Waals surface area contributed by atoms with Crippen LogP contribution in [0, 0.1) is 5.82 Å². The van der Waals surface area contributed by atoms with Crippen molar-refractivity contribution in [2.45, 2.75) is 44.3 Å². The van der Waals surface area contributed by atoms with Crippen LogP contribution in [0.3, 0.4) is 0 Å². The van der Waals surface area contributed by atoms with E-state index in [1.165, 1.54) is 31.7 Å². The molecule has 0 unspecified atom stereocenters. The summed E-state index contributed by atoms with van der Waals surface area (Å²) in [5.74, 6) is 0.148. The Morgan fingerprint density at radius 2 is 1.97 bits per heavy atom. The highest BCUT2D eigenvalue weighted by molar-refractivity contribution is 6.13. The van der Waals surface area contributed by atoms with E-state index >= 15 is 4.39 Å². The number of anilines is 1. The molecule has 2 aromatic heterocycles. The Hall–Kier alpha value is -3.24. The third-order valence-electron chi connectivity index (χ3n) is 8.40. The first-order valence-corrected chi connectivity index (χ1v) is 13.4. The van der Waals surface area contributed by atoms with E-state index in [0.717, 1.165) is 31.7 Å². The smallest absolute Gasteiger partial charge is 0.165 e. The lowest BCUT2D eigenvalue weighted by molar-refractivity contribution is 0.0993. The quantitative estimate of drug-likeness (QED) is 0.499. The molecule has 0 saturated carbocycles. The maximum absolute atomic E-state index is 15.3. The molecule has 7 nitrogen and oxygen atoms in total. The van der Waals surface area contributed by atoms with Crippen LogP contribution in [0.4, 0.5) is 19.0 Å². The van der Waals surface area contributed by atoms with Gasteiger partial charge in [0.15, 0.2) is 11.6 Å². The molecule has 38 heavy (non-hydrogen) atoms. The number of imidazole rings is 1. The van der Waals surface area contributed by atoms with Gasteiger partial charge >= 0.3 is 0 Å². The van der Waals surface area contributed by atoms with Gasteiger partial charge in [0.2, 0.25) is 0 Å². The zero-order valence-electron chi connectivity index (χ0n) is 21.2. The summed E-state index contributed by atoms with van der Waals surface area (Å²) < 4.78 is 45.5.